The monoisotopic (exact) mass is 289 g/mol. The van der Waals surface area contributed by atoms with Gasteiger partial charge in [0.1, 0.15) is 0 Å². The number of piperidine rings is 1. The van der Waals surface area contributed by atoms with Crippen LogP contribution in [0.4, 0.5) is 18.9 Å². The highest BCUT2D eigenvalue weighted by Crippen LogP contribution is 2.35. The second-order valence-corrected chi connectivity index (χ2v) is 5.28. The summed E-state index contributed by atoms with van der Waals surface area (Å²) in [5.41, 5.74) is -0.515. The van der Waals surface area contributed by atoms with Crippen LogP contribution in [0.1, 0.15) is 24.5 Å². The van der Waals surface area contributed by atoms with Gasteiger partial charge in [0, 0.05) is 18.8 Å². The summed E-state index contributed by atoms with van der Waals surface area (Å²) in [5.74, 6) is 0.157. The molecule has 1 aromatic carbocycles. The van der Waals surface area contributed by atoms with Crippen molar-refractivity contribution in [1.29, 1.82) is 0 Å². The summed E-state index contributed by atoms with van der Waals surface area (Å²) in [6.07, 6.45) is -4.28. The van der Waals surface area contributed by atoms with Gasteiger partial charge in [-0.3, -0.25) is 0 Å². The van der Waals surface area contributed by atoms with E-state index in [0.29, 0.717) is 18.8 Å². The minimum Gasteiger partial charge on any atom is -0.392 e. The number of anilines is 1. The van der Waals surface area contributed by atoms with Gasteiger partial charge < -0.3 is 15.1 Å². The zero-order chi connectivity index (χ0) is 14.9. The summed E-state index contributed by atoms with van der Waals surface area (Å²) in [6.45, 7) is 2.23. The lowest BCUT2D eigenvalue weighted by Crippen LogP contribution is -2.43. The van der Waals surface area contributed by atoms with Gasteiger partial charge >= 0.3 is 6.18 Å². The molecule has 2 N–H and O–H groups in total. The average molecular weight is 289 g/mol. The maximum absolute atomic E-state index is 12.9. The van der Waals surface area contributed by atoms with Gasteiger partial charge in [-0.25, -0.2) is 0 Å². The largest absolute Gasteiger partial charge is 0.416 e. The first kappa shape index (κ1) is 15.1. The second-order valence-electron chi connectivity index (χ2n) is 5.28. The Morgan fingerprint density at radius 1 is 1.35 bits per heavy atom. The Morgan fingerprint density at radius 2 is 2.05 bits per heavy atom. The number of hydrogen-bond acceptors (Lipinski definition) is 3. The number of nitrogens with zero attached hydrogens (tertiary/aromatic N) is 1. The summed E-state index contributed by atoms with van der Waals surface area (Å²) in [6, 6.07) is 3.90. The molecule has 0 aromatic heterocycles. The molecule has 2 rings (SSSR count). The molecule has 1 aliphatic heterocycles. The molecule has 6 heteroatoms. The van der Waals surface area contributed by atoms with Crippen molar-refractivity contribution < 1.29 is 23.4 Å². The van der Waals surface area contributed by atoms with Gasteiger partial charge in [0.25, 0.3) is 0 Å². The van der Waals surface area contributed by atoms with Gasteiger partial charge in [-0.05, 0) is 30.0 Å². The van der Waals surface area contributed by atoms with E-state index in [-0.39, 0.29) is 11.5 Å². The van der Waals surface area contributed by atoms with Crippen molar-refractivity contribution in [2.24, 2.45) is 5.92 Å². The number of hydrogen-bond donors (Lipinski definition) is 2. The number of alkyl halides is 3. The summed E-state index contributed by atoms with van der Waals surface area (Å²) in [7, 11) is 0. The molecule has 0 aliphatic carbocycles. The number of halogens is 3. The van der Waals surface area contributed by atoms with Crippen molar-refractivity contribution in [2.75, 3.05) is 18.0 Å². The van der Waals surface area contributed by atoms with Crippen molar-refractivity contribution in [3.8, 4) is 0 Å². The number of aliphatic hydroxyl groups excluding tert-OH is 2. The summed E-state index contributed by atoms with van der Waals surface area (Å²) >= 11 is 0. The van der Waals surface area contributed by atoms with E-state index in [1.165, 1.54) is 6.07 Å². The van der Waals surface area contributed by atoms with Crippen LogP contribution in [0.15, 0.2) is 18.2 Å². The molecular weight excluding hydrogens is 271 g/mol. The van der Waals surface area contributed by atoms with E-state index in [0.717, 1.165) is 12.5 Å². The Kier molecular flexibility index (Phi) is 4.25. The molecule has 1 fully saturated rings. The zero-order valence-corrected chi connectivity index (χ0v) is 11.2. The van der Waals surface area contributed by atoms with Gasteiger partial charge in [-0.1, -0.05) is 13.0 Å². The van der Waals surface area contributed by atoms with Crippen LogP contribution >= 0.6 is 0 Å². The Morgan fingerprint density at radius 3 is 2.60 bits per heavy atom. The first-order valence-corrected chi connectivity index (χ1v) is 6.57. The zero-order valence-electron chi connectivity index (χ0n) is 11.2. The van der Waals surface area contributed by atoms with Crippen molar-refractivity contribution in [3.63, 3.8) is 0 Å². The Balaban J connectivity index is 2.30. The minimum absolute atomic E-state index is 0.132. The molecule has 0 saturated carbocycles. The maximum atomic E-state index is 12.9. The molecule has 1 aliphatic rings. The summed E-state index contributed by atoms with van der Waals surface area (Å²) in [5, 5.41) is 18.8. The second kappa shape index (κ2) is 5.61. The molecule has 2 atom stereocenters. The third-order valence-electron chi connectivity index (χ3n) is 3.85. The van der Waals surface area contributed by atoms with Crippen LogP contribution < -0.4 is 4.90 Å². The van der Waals surface area contributed by atoms with Crippen molar-refractivity contribution in [2.45, 2.75) is 32.2 Å². The normalized spacial score (nSPS) is 24.0. The van der Waals surface area contributed by atoms with Crippen LogP contribution in [0.2, 0.25) is 0 Å². The average Bonchev–Trinajstić information content (AvgIpc) is 2.40. The predicted molar refractivity (Wildman–Crippen MR) is 69.4 cm³/mol. The Labute approximate surface area is 115 Å². The minimum atomic E-state index is -4.49. The standard InChI is InChI=1S/C14H18F3NO2/c1-9-4-5-18(7-13(9)20)11-3-2-10(8-19)12(6-11)14(15,16)17/h2-3,6,9,13,19-20H,4-5,7-8H2,1H3. The van der Waals surface area contributed by atoms with E-state index in [4.69, 9.17) is 5.11 Å². The number of β-amino-alcohol motifs (C(OH)–C–C–N with tert-alkyl or cyclic N) is 1. The molecule has 1 aromatic rings. The van der Waals surface area contributed by atoms with Crippen LogP contribution in [0.25, 0.3) is 0 Å². The number of aliphatic hydroxyl groups is 2. The first-order valence-electron chi connectivity index (χ1n) is 6.57. The van der Waals surface area contributed by atoms with Gasteiger partial charge in [0.2, 0.25) is 0 Å². The molecular formula is C14H18F3NO2. The van der Waals surface area contributed by atoms with E-state index in [2.05, 4.69) is 0 Å². The lowest BCUT2D eigenvalue weighted by molar-refractivity contribution is -0.138. The van der Waals surface area contributed by atoms with E-state index in [1.807, 2.05) is 6.92 Å². The molecule has 0 radical (unpaired) electrons. The van der Waals surface area contributed by atoms with Crippen LogP contribution in [0.3, 0.4) is 0 Å². The van der Waals surface area contributed by atoms with E-state index >= 15 is 0 Å². The molecule has 2 unspecified atom stereocenters. The number of rotatable bonds is 2. The molecule has 0 amide bonds. The first-order chi connectivity index (χ1) is 9.32. The Bertz CT molecular complexity index is 476. The van der Waals surface area contributed by atoms with Gasteiger partial charge in [-0.15, -0.1) is 0 Å². The topological polar surface area (TPSA) is 43.7 Å². The van der Waals surface area contributed by atoms with E-state index in [1.54, 1.807) is 11.0 Å². The maximum Gasteiger partial charge on any atom is 0.416 e. The fraction of sp³-hybridized carbons (Fsp3) is 0.571. The molecule has 112 valence electrons. The van der Waals surface area contributed by atoms with E-state index in [9.17, 15) is 18.3 Å². The molecule has 0 bridgehead atoms. The molecule has 1 saturated heterocycles. The van der Waals surface area contributed by atoms with Crippen LogP contribution in [-0.4, -0.2) is 29.4 Å². The highest BCUT2D eigenvalue weighted by Gasteiger charge is 2.34. The highest BCUT2D eigenvalue weighted by atomic mass is 19.4. The molecule has 20 heavy (non-hydrogen) atoms. The summed E-state index contributed by atoms with van der Waals surface area (Å²) in [4.78, 5) is 1.75. The van der Waals surface area contributed by atoms with Crippen LogP contribution in [0, 0.1) is 5.92 Å². The third kappa shape index (κ3) is 3.07. The third-order valence-corrected chi connectivity index (χ3v) is 3.85. The van der Waals surface area contributed by atoms with Crippen molar-refractivity contribution >= 4 is 5.69 Å². The van der Waals surface area contributed by atoms with Gasteiger partial charge in [0.05, 0.1) is 18.3 Å². The fourth-order valence-corrected chi connectivity index (χ4v) is 2.45. The van der Waals surface area contributed by atoms with E-state index < -0.39 is 24.5 Å². The molecule has 0 spiro atoms. The molecule has 3 nitrogen and oxygen atoms in total. The SMILES string of the molecule is CC1CCN(c2ccc(CO)c(C(F)(F)F)c2)CC1O. The lowest BCUT2D eigenvalue weighted by Gasteiger charge is -2.36. The number of benzene rings is 1. The predicted octanol–water partition coefficient (Wildman–Crippen LogP) is 2.40. The fourth-order valence-electron chi connectivity index (χ4n) is 2.45. The van der Waals surface area contributed by atoms with Gasteiger partial charge in [0.15, 0.2) is 0 Å². The van der Waals surface area contributed by atoms with Crippen molar-refractivity contribution in [3.05, 3.63) is 29.3 Å². The van der Waals surface area contributed by atoms with Crippen LogP contribution in [0.5, 0.6) is 0 Å². The molecule has 1 heterocycles. The quantitative estimate of drug-likeness (QED) is 0.878. The van der Waals surface area contributed by atoms with Gasteiger partial charge in [-0.2, -0.15) is 13.2 Å². The lowest BCUT2D eigenvalue weighted by atomic mass is 9.95. The van der Waals surface area contributed by atoms with Crippen molar-refractivity contribution in [1.82, 2.24) is 0 Å². The highest BCUT2D eigenvalue weighted by molar-refractivity contribution is 5.52. The Hall–Kier alpha value is -1.27. The summed E-state index contributed by atoms with van der Waals surface area (Å²) < 4.78 is 38.8. The smallest absolute Gasteiger partial charge is 0.392 e. The van der Waals surface area contributed by atoms with Crippen LogP contribution in [-0.2, 0) is 12.8 Å².